The lowest BCUT2D eigenvalue weighted by Gasteiger charge is -2.14. The van der Waals surface area contributed by atoms with E-state index in [1.807, 2.05) is 6.92 Å². The number of benzene rings is 1. The number of ether oxygens (including phenoxy) is 1. The summed E-state index contributed by atoms with van der Waals surface area (Å²) in [6.45, 7) is 2.75. The third-order valence-corrected chi connectivity index (χ3v) is 2.68. The molecule has 2 N–H and O–H groups in total. The minimum absolute atomic E-state index is 0.242. The van der Waals surface area contributed by atoms with Gasteiger partial charge in [-0.3, -0.25) is 0 Å². The molecule has 0 saturated heterocycles. The van der Waals surface area contributed by atoms with Gasteiger partial charge in [0.25, 0.3) is 0 Å². The molecule has 0 fully saturated rings. The molecule has 7 heteroatoms. The molecule has 0 bridgehead atoms. The molecule has 0 spiro atoms. The Hall–Kier alpha value is -2.44. The molecule has 1 aromatic carbocycles. The molecule has 0 aliphatic heterocycles. The molecule has 0 radical (unpaired) electrons. The summed E-state index contributed by atoms with van der Waals surface area (Å²) in [5.41, 5.74) is 0.242. The summed E-state index contributed by atoms with van der Waals surface area (Å²) >= 11 is 0. The number of halogens is 2. The first-order valence-corrected chi connectivity index (χ1v) is 6.50. The highest BCUT2D eigenvalue weighted by Crippen LogP contribution is 2.31. The van der Waals surface area contributed by atoms with Crippen molar-refractivity contribution in [2.75, 3.05) is 24.3 Å². The zero-order valence-electron chi connectivity index (χ0n) is 11.8. The van der Waals surface area contributed by atoms with Crippen molar-refractivity contribution >= 4 is 17.3 Å². The van der Waals surface area contributed by atoms with Crippen molar-refractivity contribution in [1.82, 2.24) is 9.97 Å². The second-order valence-electron chi connectivity index (χ2n) is 4.31. The van der Waals surface area contributed by atoms with Gasteiger partial charge in [-0.25, -0.2) is 18.7 Å². The Labute approximate surface area is 121 Å². The van der Waals surface area contributed by atoms with Crippen LogP contribution in [-0.4, -0.2) is 23.6 Å². The van der Waals surface area contributed by atoms with Gasteiger partial charge >= 0.3 is 0 Å². The zero-order valence-corrected chi connectivity index (χ0v) is 11.8. The molecular weight excluding hydrogens is 278 g/mol. The van der Waals surface area contributed by atoms with Crippen LogP contribution >= 0.6 is 0 Å². The third-order valence-electron chi connectivity index (χ3n) is 2.68. The molecule has 112 valence electrons. The summed E-state index contributed by atoms with van der Waals surface area (Å²) in [5, 5.41) is 5.92. The van der Waals surface area contributed by atoms with E-state index in [0.29, 0.717) is 17.4 Å². The van der Waals surface area contributed by atoms with E-state index in [0.717, 1.165) is 19.0 Å². The fourth-order valence-electron chi connectivity index (χ4n) is 1.79. The molecule has 0 aliphatic carbocycles. The Kier molecular flexibility index (Phi) is 4.86. The molecule has 0 atom stereocenters. The van der Waals surface area contributed by atoms with Gasteiger partial charge in [0.15, 0.2) is 11.6 Å². The van der Waals surface area contributed by atoms with E-state index in [4.69, 9.17) is 4.74 Å². The van der Waals surface area contributed by atoms with Crippen molar-refractivity contribution < 1.29 is 13.5 Å². The Balaban J connectivity index is 2.30. The van der Waals surface area contributed by atoms with Gasteiger partial charge in [-0.15, -0.1) is 0 Å². The monoisotopic (exact) mass is 294 g/mol. The Morgan fingerprint density at radius 3 is 2.38 bits per heavy atom. The average Bonchev–Trinajstić information content (AvgIpc) is 2.44. The van der Waals surface area contributed by atoms with Crippen molar-refractivity contribution in [1.29, 1.82) is 0 Å². The van der Waals surface area contributed by atoms with E-state index in [1.54, 1.807) is 0 Å². The SMILES string of the molecule is CCCNc1ncnc(Nc2cc(F)cc(F)c2)c1OC. The highest BCUT2D eigenvalue weighted by molar-refractivity contribution is 5.69. The van der Waals surface area contributed by atoms with Gasteiger partial charge in [0, 0.05) is 18.3 Å². The van der Waals surface area contributed by atoms with Crippen LogP contribution in [0.3, 0.4) is 0 Å². The summed E-state index contributed by atoms with van der Waals surface area (Å²) in [6.07, 6.45) is 2.27. The van der Waals surface area contributed by atoms with E-state index in [2.05, 4.69) is 20.6 Å². The first kappa shape index (κ1) is 15.0. The van der Waals surface area contributed by atoms with Gasteiger partial charge < -0.3 is 15.4 Å². The fourth-order valence-corrected chi connectivity index (χ4v) is 1.79. The van der Waals surface area contributed by atoms with Crippen LogP contribution < -0.4 is 15.4 Å². The number of nitrogens with one attached hydrogen (secondary N) is 2. The number of rotatable bonds is 6. The molecule has 0 unspecified atom stereocenters. The highest BCUT2D eigenvalue weighted by atomic mass is 19.1. The van der Waals surface area contributed by atoms with Crippen molar-refractivity contribution in [3.63, 3.8) is 0 Å². The van der Waals surface area contributed by atoms with Crippen LogP contribution in [0.15, 0.2) is 24.5 Å². The maximum atomic E-state index is 13.2. The predicted octanol–water partition coefficient (Wildman–Crippen LogP) is 3.33. The molecule has 5 nitrogen and oxygen atoms in total. The van der Waals surface area contributed by atoms with E-state index in [1.165, 1.54) is 25.6 Å². The summed E-state index contributed by atoms with van der Waals surface area (Å²) < 4.78 is 31.7. The van der Waals surface area contributed by atoms with Crippen molar-refractivity contribution in [2.24, 2.45) is 0 Å². The molecule has 1 aromatic heterocycles. The van der Waals surface area contributed by atoms with Crippen LogP contribution in [0.1, 0.15) is 13.3 Å². The van der Waals surface area contributed by atoms with Crippen molar-refractivity contribution in [2.45, 2.75) is 13.3 Å². The fraction of sp³-hybridized carbons (Fsp3) is 0.286. The quantitative estimate of drug-likeness (QED) is 0.855. The number of methoxy groups -OCH3 is 1. The third kappa shape index (κ3) is 3.77. The number of hydrogen-bond donors (Lipinski definition) is 2. The molecule has 2 aromatic rings. The van der Waals surface area contributed by atoms with Gasteiger partial charge in [-0.1, -0.05) is 6.92 Å². The Morgan fingerprint density at radius 1 is 1.10 bits per heavy atom. The van der Waals surface area contributed by atoms with Crippen LogP contribution in [-0.2, 0) is 0 Å². The average molecular weight is 294 g/mol. The normalized spacial score (nSPS) is 10.3. The second-order valence-corrected chi connectivity index (χ2v) is 4.31. The summed E-state index contributed by atoms with van der Waals surface area (Å²) in [5.74, 6) is -0.106. The van der Waals surface area contributed by atoms with Gasteiger partial charge in [-0.05, 0) is 18.6 Å². The van der Waals surface area contributed by atoms with Gasteiger partial charge in [0.05, 0.1) is 7.11 Å². The molecule has 0 amide bonds. The van der Waals surface area contributed by atoms with E-state index in [-0.39, 0.29) is 5.69 Å². The molecule has 1 heterocycles. The van der Waals surface area contributed by atoms with Crippen molar-refractivity contribution in [3.05, 3.63) is 36.2 Å². The largest absolute Gasteiger partial charge is 0.490 e. The molecule has 0 aliphatic rings. The summed E-state index contributed by atoms with van der Waals surface area (Å²) in [4.78, 5) is 8.13. The van der Waals surface area contributed by atoms with Gasteiger partial charge in [-0.2, -0.15) is 0 Å². The number of aromatic nitrogens is 2. The highest BCUT2D eigenvalue weighted by Gasteiger charge is 2.12. The maximum absolute atomic E-state index is 13.2. The van der Waals surface area contributed by atoms with Crippen LogP contribution in [0.25, 0.3) is 0 Å². The Bertz CT molecular complexity index is 602. The minimum atomic E-state index is -0.671. The minimum Gasteiger partial charge on any atom is -0.490 e. The number of hydrogen-bond acceptors (Lipinski definition) is 5. The van der Waals surface area contributed by atoms with E-state index >= 15 is 0 Å². The lowest BCUT2D eigenvalue weighted by molar-refractivity contribution is 0.415. The van der Waals surface area contributed by atoms with Gasteiger partial charge in [0.2, 0.25) is 5.75 Å². The van der Waals surface area contributed by atoms with E-state index < -0.39 is 11.6 Å². The van der Waals surface area contributed by atoms with Crippen LogP contribution in [0.5, 0.6) is 5.75 Å². The lowest BCUT2D eigenvalue weighted by Crippen LogP contribution is -2.07. The first-order chi connectivity index (χ1) is 10.1. The standard InChI is InChI=1S/C14H16F2N4O/c1-3-4-17-13-12(21-2)14(19-8-18-13)20-11-6-9(15)5-10(16)7-11/h5-8H,3-4H2,1-2H3,(H2,17,18,19,20). The molecular formula is C14H16F2N4O. The summed E-state index contributed by atoms with van der Waals surface area (Å²) in [7, 11) is 1.48. The molecule has 0 saturated carbocycles. The first-order valence-electron chi connectivity index (χ1n) is 6.50. The second kappa shape index (κ2) is 6.83. The van der Waals surface area contributed by atoms with Crippen LogP contribution in [0.2, 0.25) is 0 Å². The molecule has 2 rings (SSSR count). The number of nitrogens with zero attached hydrogens (tertiary/aromatic N) is 2. The Morgan fingerprint density at radius 2 is 1.76 bits per heavy atom. The topological polar surface area (TPSA) is 59.1 Å². The van der Waals surface area contributed by atoms with Gasteiger partial charge in [0.1, 0.15) is 18.0 Å². The molecule has 21 heavy (non-hydrogen) atoms. The zero-order chi connectivity index (χ0) is 15.2. The van der Waals surface area contributed by atoms with E-state index in [9.17, 15) is 8.78 Å². The number of anilines is 3. The van der Waals surface area contributed by atoms with Crippen molar-refractivity contribution in [3.8, 4) is 5.75 Å². The lowest BCUT2D eigenvalue weighted by atomic mass is 10.3. The maximum Gasteiger partial charge on any atom is 0.204 e. The van der Waals surface area contributed by atoms with Crippen LogP contribution in [0.4, 0.5) is 26.1 Å². The predicted molar refractivity (Wildman–Crippen MR) is 77.0 cm³/mol. The van der Waals surface area contributed by atoms with Crippen LogP contribution in [0, 0.1) is 11.6 Å². The smallest absolute Gasteiger partial charge is 0.204 e. The summed E-state index contributed by atoms with van der Waals surface area (Å²) in [6, 6.07) is 3.14.